The van der Waals surface area contributed by atoms with Crippen LogP contribution in [0.1, 0.15) is 5.56 Å². The van der Waals surface area contributed by atoms with Gasteiger partial charge in [0.2, 0.25) is 0 Å². The first-order chi connectivity index (χ1) is 14.8. The van der Waals surface area contributed by atoms with E-state index in [1.165, 1.54) is 12.1 Å². The van der Waals surface area contributed by atoms with E-state index in [1.54, 1.807) is 22.2 Å². The topological polar surface area (TPSA) is 33.4 Å². The summed E-state index contributed by atoms with van der Waals surface area (Å²) in [4.78, 5) is 16.7. The highest BCUT2D eigenvalue weighted by Gasteiger charge is 2.31. The van der Waals surface area contributed by atoms with Crippen molar-refractivity contribution in [2.24, 2.45) is 7.05 Å². The monoisotopic (exact) mass is 430 g/mol. The smallest absolute Gasteiger partial charge is 0.369 e. The molecule has 31 heavy (non-hydrogen) atoms. The number of hydrogen-bond donors (Lipinski definition) is 0. The summed E-state index contributed by atoms with van der Waals surface area (Å²) < 4.78 is 42.2. The largest absolute Gasteiger partial charge is 0.416 e. The van der Waals surface area contributed by atoms with E-state index in [2.05, 4.69) is 4.90 Å². The summed E-state index contributed by atoms with van der Waals surface area (Å²) in [6, 6.07) is 13.2. The first-order valence-corrected chi connectivity index (χ1v) is 10.3. The van der Waals surface area contributed by atoms with Gasteiger partial charge in [-0.1, -0.05) is 30.4 Å². The summed E-state index contributed by atoms with van der Waals surface area (Å²) in [5.41, 5.74) is 1.78. The van der Waals surface area contributed by atoms with Gasteiger partial charge in [0, 0.05) is 52.0 Å². The molecule has 0 amide bonds. The molecule has 0 aliphatic carbocycles. The van der Waals surface area contributed by atoms with E-state index < -0.39 is 11.7 Å². The van der Waals surface area contributed by atoms with Gasteiger partial charge in [-0.3, -0.25) is 14.0 Å². The van der Waals surface area contributed by atoms with Crippen LogP contribution in [0, 0.1) is 0 Å². The summed E-state index contributed by atoms with van der Waals surface area (Å²) in [5, 5.41) is 0. The Kier molecular flexibility index (Phi) is 5.91. The van der Waals surface area contributed by atoms with Gasteiger partial charge >= 0.3 is 11.9 Å². The molecule has 1 aromatic heterocycles. The SMILES string of the molecule is Cn1c(=O)n(C/C=C/CN2CCN(c3cccc(C(F)(F)F)c3)CC2)c2ccccc21. The first-order valence-electron chi connectivity index (χ1n) is 10.3. The third-order valence-electron chi connectivity index (χ3n) is 5.78. The number of fused-ring (bicyclic) bond motifs is 1. The van der Waals surface area contributed by atoms with E-state index in [-0.39, 0.29) is 5.69 Å². The second-order valence-corrected chi connectivity index (χ2v) is 7.75. The molecule has 0 bridgehead atoms. The van der Waals surface area contributed by atoms with Crippen molar-refractivity contribution in [3.8, 4) is 0 Å². The van der Waals surface area contributed by atoms with Crippen LogP contribution >= 0.6 is 0 Å². The lowest BCUT2D eigenvalue weighted by molar-refractivity contribution is -0.137. The van der Waals surface area contributed by atoms with Crippen molar-refractivity contribution in [2.75, 3.05) is 37.6 Å². The zero-order chi connectivity index (χ0) is 22.0. The third-order valence-corrected chi connectivity index (χ3v) is 5.78. The summed E-state index contributed by atoms with van der Waals surface area (Å²) >= 11 is 0. The van der Waals surface area contributed by atoms with Crippen LogP contribution in [-0.2, 0) is 19.8 Å². The van der Waals surface area contributed by atoms with Crippen LogP contribution in [-0.4, -0.2) is 46.8 Å². The molecule has 2 aromatic carbocycles. The highest BCUT2D eigenvalue weighted by Crippen LogP contribution is 2.31. The normalized spacial score (nSPS) is 15.9. The van der Waals surface area contributed by atoms with Crippen LogP contribution in [0.3, 0.4) is 0 Å². The van der Waals surface area contributed by atoms with Crippen molar-refractivity contribution in [3.05, 3.63) is 76.7 Å². The molecular formula is C23H25F3N4O. The number of alkyl halides is 3. The van der Waals surface area contributed by atoms with E-state index >= 15 is 0 Å². The number of aromatic nitrogens is 2. The Balaban J connectivity index is 1.32. The number of nitrogens with zero attached hydrogens (tertiary/aromatic N) is 4. The van der Waals surface area contributed by atoms with Crippen LogP contribution in [0.5, 0.6) is 0 Å². The van der Waals surface area contributed by atoms with E-state index in [1.807, 2.05) is 41.3 Å². The van der Waals surface area contributed by atoms with E-state index in [0.717, 1.165) is 36.7 Å². The quantitative estimate of drug-likeness (QED) is 0.579. The fourth-order valence-electron chi connectivity index (χ4n) is 4.01. The number of aryl methyl sites for hydroxylation is 1. The predicted octanol–water partition coefficient (Wildman–Crippen LogP) is 3.74. The second kappa shape index (κ2) is 8.63. The molecule has 5 nitrogen and oxygen atoms in total. The molecule has 0 radical (unpaired) electrons. The number of imidazole rings is 1. The van der Waals surface area contributed by atoms with Gasteiger partial charge in [-0.2, -0.15) is 13.2 Å². The lowest BCUT2D eigenvalue weighted by atomic mass is 10.1. The third kappa shape index (κ3) is 4.54. The maximum Gasteiger partial charge on any atom is 0.416 e. The molecule has 1 saturated heterocycles. The highest BCUT2D eigenvalue weighted by molar-refractivity contribution is 5.75. The lowest BCUT2D eigenvalue weighted by Gasteiger charge is -2.35. The lowest BCUT2D eigenvalue weighted by Crippen LogP contribution is -2.46. The Morgan fingerprint density at radius 3 is 2.29 bits per heavy atom. The van der Waals surface area contributed by atoms with Gasteiger partial charge in [-0.05, 0) is 30.3 Å². The molecule has 0 N–H and O–H groups in total. The maximum absolute atomic E-state index is 12.9. The average molecular weight is 430 g/mol. The standard InChI is InChI=1S/C23H25F3N4O/c1-27-20-9-2-3-10-21(20)30(22(27)31)12-5-4-11-28-13-15-29(16-14-28)19-8-6-7-18(17-19)23(24,25)26/h2-10,17H,11-16H2,1H3/b5-4+. The molecule has 1 aliphatic heterocycles. The molecule has 8 heteroatoms. The average Bonchev–Trinajstić information content (AvgIpc) is 3.01. The van der Waals surface area contributed by atoms with Gasteiger partial charge in [0.05, 0.1) is 16.6 Å². The zero-order valence-corrected chi connectivity index (χ0v) is 17.3. The van der Waals surface area contributed by atoms with Crippen LogP contribution in [0.4, 0.5) is 18.9 Å². The van der Waals surface area contributed by atoms with Crippen molar-refractivity contribution >= 4 is 16.7 Å². The molecule has 3 aromatic rings. The summed E-state index contributed by atoms with van der Waals surface area (Å²) in [7, 11) is 1.77. The zero-order valence-electron chi connectivity index (χ0n) is 17.3. The molecule has 2 heterocycles. The number of para-hydroxylation sites is 2. The number of piperazine rings is 1. The molecule has 164 valence electrons. The summed E-state index contributed by atoms with van der Waals surface area (Å²) in [6.07, 6.45) is -0.282. The Morgan fingerprint density at radius 1 is 0.903 bits per heavy atom. The van der Waals surface area contributed by atoms with E-state index in [9.17, 15) is 18.0 Å². The van der Waals surface area contributed by atoms with Gasteiger partial charge in [-0.25, -0.2) is 4.79 Å². The number of anilines is 1. The van der Waals surface area contributed by atoms with Crippen molar-refractivity contribution in [2.45, 2.75) is 12.7 Å². The van der Waals surface area contributed by atoms with Crippen molar-refractivity contribution in [3.63, 3.8) is 0 Å². The highest BCUT2D eigenvalue weighted by atomic mass is 19.4. The minimum absolute atomic E-state index is 0.0412. The Labute approximate surface area is 178 Å². The second-order valence-electron chi connectivity index (χ2n) is 7.75. The van der Waals surface area contributed by atoms with Gasteiger partial charge in [0.15, 0.2) is 0 Å². The number of allylic oxidation sites excluding steroid dienone is 1. The van der Waals surface area contributed by atoms with Crippen LogP contribution < -0.4 is 10.6 Å². The molecule has 1 aliphatic rings. The summed E-state index contributed by atoms with van der Waals surface area (Å²) in [5.74, 6) is 0. The molecule has 0 saturated carbocycles. The Bertz CT molecular complexity index is 1140. The van der Waals surface area contributed by atoms with Crippen molar-refractivity contribution in [1.82, 2.24) is 14.0 Å². The molecule has 1 fully saturated rings. The number of halogens is 3. The molecule has 0 atom stereocenters. The minimum atomic E-state index is -4.32. The fraction of sp³-hybridized carbons (Fsp3) is 0.348. The Morgan fingerprint density at radius 2 is 1.58 bits per heavy atom. The molecule has 4 rings (SSSR count). The fourth-order valence-corrected chi connectivity index (χ4v) is 4.01. The maximum atomic E-state index is 12.9. The van der Waals surface area contributed by atoms with Crippen LogP contribution in [0.25, 0.3) is 11.0 Å². The van der Waals surface area contributed by atoms with E-state index in [4.69, 9.17) is 0 Å². The van der Waals surface area contributed by atoms with Gasteiger partial charge in [0.25, 0.3) is 0 Å². The molecule has 0 spiro atoms. The van der Waals surface area contributed by atoms with Gasteiger partial charge in [0.1, 0.15) is 0 Å². The molecule has 0 unspecified atom stereocenters. The van der Waals surface area contributed by atoms with Crippen LogP contribution in [0.15, 0.2) is 65.5 Å². The van der Waals surface area contributed by atoms with Crippen molar-refractivity contribution in [1.29, 1.82) is 0 Å². The predicted molar refractivity (Wildman–Crippen MR) is 116 cm³/mol. The van der Waals surface area contributed by atoms with E-state index in [0.29, 0.717) is 25.3 Å². The number of rotatable bonds is 5. The van der Waals surface area contributed by atoms with Crippen molar-refractivity contribution < 1.29 is 13.2 Å². The summed E-state index contributed by atoms with van der Waals surface area (Å²) in [6.45, 7) is 4.15. The number of benzene rings is 2. The Hall–Kier alpha value is -3.00. The van der Waals surface area contributed by atoms with Crippen LogP contribution in [0.2, 0.25) is 0 Å². The van der Waals surface area contributed by atoms with Gasteiger partial charge in [-0.15, -0.1) is 0 Å². The first kappa shape index (κ1) is 21.2. The van der Waals surface area contributed by atoms with Gasteiger partial charge < -0.3 is 4.90 Å². The molecular weight excluding hydrogens is 405 g/mol. The minimum Gasteiger partial charge on any atom is -0.369 e. The number of hydrogen-bond acceptors (Lipinski definition) is 3.